The highest BCUT2D eigenvalue weighted by Crippen LogP contribution is 2.16. The highest BCUT2D eigenvalue weighted by Gasteiger charge is 2.15. The SMILES string of the molecule is CCN(Cc1ccc(SC)cc1)C(=O)N[C@@H](C)Cc1cc(C)[nH]n1. The van der Waals surface area contributed by atoms with Gasteiger partial charge in [-0.15, -0.1) is 11.8 Å². The average Bonchev–Trinajstić information content (AvgIpc) is 2.97. The average molecular weight is 347 g/mol. The first-order chi connectivity index (χ1) is 11.5. The van der Waals surface area contributed by atoms with Crippen LogP contribution in [0.2, 0.25) is 0 Å². The minimum Gasteiger partial charge on any atom is -0.335 e. The van der Waals surface area contributed by atoms with E-state index in [1.54, 1.807) is 11.8 Å². The lowest BCUT2D eigenvalue weighted by Crippen LogP contribution is -2.44. The van der Waals surface area contributed by atoms with Gasteiger partial charge in [-0.25, -0.2) is 4.79 Å². The van der Waals surface area contributed by atoms with E-state index in [1.165, 1.54) is 4.90 Å². The number of aromatic amines is 1. The van der Waals surface area contributed by atoms with Gasteiger partial charge >= 0.3 is 6.03 Å². The molecule has 0 unspecified atom stereocenters. The Morgan fingerprint density at radius 2 is 2.08 bits per heavy atom. The van der Waals surface area contributed by atoms with E-state index < -0.39 is 0 Å². The molecule has 24 heavy (non-hydrogen) atoms. The Kier molecular flexibility index (Phi) is 6.73. The van der Waals surface area contributed by atoms with Crippen LogP contribution in [-0.2, 0) is 13.0 Å². The molecule has 0 aliphatic rings. The largest absolute Gasteiger partial charge is 0.335 e. The van der Waals surface area contributed by atoms with Crippen LogP contribution in [0.1, 0.15) is 30.8 Å². The van der Waals surface area contributed by atoms with Crippen molar-refractivity contribution >= 4 is 17.8 Å². The second kappa shape index (κ2) is 8.78. The van der Waals surface area contributed by atoms with E-state index in [1.807, 2.05) is 31.7 Å². The molecule has 130 valence electrons. The minimum atomic E-state index is -0.0359. The minimum absolute atomic E-state index is 0.0353. The van der Waals surface area contributed by atoms with Crippen LogP contribution in [0.5, 0.6) is 0 Å². The lowest BCUT2D eigenvalue weighted by atomic mass is 10.2. The molecule has 6 heteroatoms. The number of nitrogens with zero attached hydrogens (tertiary/aromatic N) is 2. The summed E-state index contributed by atoms with van der Waals surface area (Å²) in [5.74, 6) is 0. The number of hydrogen-bond donors (Lipinski definition) is 2. The monoisotopic (exact) mass is 346 g/mol. The Morgan fingerprint density at radius 3 is 2.62 bits per heavy atom. The van der Waals surface area contributed by atoms with Crippen LogP contribution < -0.4 is 5.32 Å². The van der Waals surface area contributed by atoms with E-state index in [9.17, 15) is 4.79 Å². The number of carbonyl (C=O) groups excluding carboxylic acids is 1. The zero-order valence-electron chi connectivity index (χ0n) is 14.8. The van der Waals surface area contributed by atoms with Gasteiger partial charge in [0, 0.05) is 36.1 Å². The van der Waals surface area contributed by atoms with Crippen LogP contribution in [0.25, 0.3) is 0 Å². The molecule has 0 spiro atoms. The summed E-state index contributed by atoms with van der Waals surface area (Å²) in [6, 6.07) is 10.4. The van der Waals surface area contributed by atoms with Crippen molar-refractivity contribution in [3.05, 3.63) is 47.3 Å². The molecule has 0 radical (unpaired) electrons. The Balaban J connectivity index is 1.89. The Labute approximate surface area is 148 Å². The third-order valence-electron chi connectivity index (χ3n) is 3.85. The van der Waals surface area contributed by atoms with Crippen molar-refractivity contribution in [3.8, 4) is 0 Å². The van der Waals surface area contributed by atoms with E-state index in [0.29, 0.717) is 13.1 Å². The van der Waals surface area contributed by atoms with Crippen molar-refractivity contribution < 1.29 is 4.79 Å². The molecule has 0 aliphatic carbocycles. The summed E-state index contributed by atoms with van der Waals surface area (Å²) in [7, 11) is 0. The number of urea groups is 1. The summed E-state index contributed by atoms with van der Waals surface area (Å²) in [5.41, 5.74) is 3.14. The summed E-state index contributed by atoms with van der Waals surface area (Å²) >= 11 is 1.72. The number of aromatic nitrogens is 2. The Hall–Kier alpha value is -1.95. The van der Waals surface area contributed by atoms with E-state index in [0.717, 1.165) is 23.4 Å². The van der Waals surface area contributed by atoms with E-state index in [4.69, 9.17) is 0 Å². The maximum absolute atomic E-state index is 12.5. The van der Waals surface area contributed by atoms with Crippen LogP contribution in [0.15, 0.2) is 35.2 Å². The van der Waals surface area contributed by atoms with Gasteiger partial charge in [-0.1, -0.05) is 12.1 Å². The number of nitrogens with one attached hydrogen (secondary N) is 2. The number of thioether (sulfide) groups is 1. The fourth-order valence-corrected chi connectivity index (χ4v) is 2.93. The fourth-order valence-electron chi connectivity index (χ4n) is 2.52. The predicted octanol–water partition coefficient (Wildman–Crippen LogP) is 3.60. The first-order valence-electron chi connectivity index (χ1n) is 8.21. The van der Waals surface area contributed by atoms with E-state index >= 15 is 0 Å². The van der Waals surface area contributed by atoms with E-state index in [2.05, 4.69) is 46.0 Å². The summed E-state index contributed by atoms with van der Waals surface area (Å²) in [6.45, 7) is 7.26. The van der Waals surface area contributed by atoms with E-state index in [-0.39, 0.29) is 12.1 Å². The quantitative estimate of drug-likeness (QED) is 0.753. The standard InChI is InChI=1S/C18H26N4OS/c1-5-22(12-15-6-8-17(24-4)9-7-15)18(23)19-13(2)10-16-11-14(3)20-21-16/h6-9,11,13H,5,10,12H2,1-4H3,(H,19,23)(H,20,21)/t13-/m0/s1. The second-order valence-corrected chi connectivity index (χ2v) is 6.84. The lowest BCUT2D eigenvalue weighted by molar-refractivity contribution is 0.194. The van der Waals surface area contributed by atoms with Crippen LogP contribution in [0.3, 0.4) is 0 Å². The first kappa shape index (κ1) is 18.4. The number of carbonyl (C=O) groups is 1. The second-order valence-electron chi connectivity index (χ2n) is 5.96. The molecule has 0 saturated carbocycles. The Bertz CT molecular complexity index is 653. The molecule has 0 aliphatic heterocycles. The summed E-state index contributed by atoms with van der Waals surface area (Å²) in [5, 5.41) is 10.2. The number of H-pyrrole nitrogens is 1. The third kappa shape index (κ3) is 5.30. The van der Waals surface area contributed by atoms with Crippen molar-refractivity contribution in [2.75, 3.05) is 12.8 Å². The number of rotatable bonds is 7. The third-order valence-corrected chi connectivity index (χ3v) is 4.59. The van der Waals surface area contributed by atoms with Gasteiger partial charge in [0.2, 0.25) is 0 Å². The highest BCUT2D eigenvalue weighted by molar-refractivity contribution is 7.98. The lowest BCUT2D eigenvalue weighted by Gasteiger charge is -2.24. The smallest absolute Gasteiger partial charge is 0.317 e. The van der Waals surface area contributed by atoms with Crippen LogP contribution in [0.4, 0.5) is 4.79 Å². The van der Waals surface area contributed by atoms with Gasteiger partial charge in [-0.2, -0.15) is 5.10 Å². The van der Waals surface area contributed by atoms with Gasteiger partial charge in [0.05, 0.1) is 5.69 Å². The van der Waals surface area contributed by atoms with Gasteiger partial charge in [-0.3, -0.25) is 5.10 Å². The van der Waals surface area contributed by atoms with Crippen molar-refractivity contribution in [1.82, 2.24) is 20.4 Å². The number of benzene rings is 1. The van der Waals surface area contributed by atoms with Crippen molar-refractivity contribution in [2.24, 2.45) is 0 Å². The predicted molar refractivity (Wildman–Crippen MR) is 99.3 cm³/mol. The molecule has 1 aromatic heterocycles. The van der Waals surface area contributed by atoms with Crippen molar-refractivity contribution in [3.63, 3.8) is 0 Å². The molecule has 2 amide bonds. The maximum Gasteiger partial charge on any atom is 0.317 e. The molecular weight excluding hydrogens is 320 g/mol. The normalized spacial score (nSPS) is 12.0. The molecule has 5 nitrogen and oxygen atoms in total. The zero-order valence-corrected chi connectivity index (χ0v) is 15.6. The van der Waals surface area contributed by atoms with Gasteiger partial charge in [0.25, 0.3) is 0 Å². The molecule has 1 atom stereocenters. The van der Waals surface area contributed by atoms with Gasteiger partial charge in [0.15, 0.2) is 0 Å². The van der Waals surface area contributed by atoms with Gasteiger partial charge in [0.1, 0.15) is 0 Å². The summed E-state index contributed by atoms with van der Waals surface area (Å²) in [4.78, 5) is 15.5. The topological polar surface area (TPSA) is 61.0 Å². The van der Waals surface area contributed by atoms with Crippen LogP contribution >= 0.6 is 11.8 Å². The molecule has 0 fully saturated rings. The fraction of sp³-hybridized carbons (Fsp3) is 0.444. The highest BCUT2D eigenvalue weighted by atomic mass is 32.2. The zero-order chi connectivity index (χ0) is 17.5. The summed E-state index contributed by atoms with van der Waals surface area (Å²) < 4.78 is 0. The number of aryl methyl sites for hydroxylation is 1. The van der Waals surface area contributed by atoms with Crippen molar-refractivity contribution in [2.45, 2.75) is 44.7 Å². The Morgan fingerprint density at radius 1 is 1.38 bits per heavy atom. The molecule has 1 aromatic carbocycles. The number of amides is 2. The van der Waals surface area contributed by atoms with Gasteiger partial charge < -0.3 is 10.2 Å². The molecule has 0 saturated heterocycles. The first-order valence-corrected chi connectivity index (χ1v) is 9.43. The van der Waals surface area contributed by atoms with Crippen LogP contribution in [-0.4, -0.2) is 40.0 Å². The number of hydrogen-bond acceptors (Lipinski definition) is 3. The molecule has 2 rings (SSSR count). The van der Waals surface area contributed by atoms with Crippen molar-refractivity contribution in [1.29, 1.82) is 0 Å². The molecule has 0 bridgehead atoms. The molecule has 2 aromatic rings. The molecule has 2 N–H and O–H groups in total. The van der Waals surface area contributed by atoms with Crippen LogP contribution in [0, 0.1) is 6.92 Å². The summed E-state index contributed by atoms with van der Waals surface area (Å²) in [6.07, 6.45) is 2.78. The maximum atomic E-state index is 12.5. The molecule has 1 heterocycles. The molecular formula is C18H26N4OS. The van der Waals surface area contributed by atoms with Gasteiger partial charge in [-0.05, 0) is 50.8 Å².